The van der Waals surface area contributed by atoms with E-state index in [-0.39, 0.29) is 24.5 Å². The number of rotatable bonds is 5. The minimum atomic E-state index is 0.00514. The first-order valence-electron chi connectivity index (χ1n) is 7.54. The van der Waals surface area contributed by atoms with Gasteiger partial charge in [0.25, 0.3) is 0 Å². The van der Waals surface area contributed by atoms with Crippen molar-refractivity contribution in [2.24, 2.45) is 0 Å². The van der Waals surface area contributed by atoms with Gasteiger partial charge in [-0.2, -0.15) is 11.8 Å². The smallest absolute Gasteiger partial charge is 0.220 e. The lowest BCUT2D eigenvalue weighted by Gasteiger charge is -2.22. The van der Waals surface area contributed by atoms with E-state index in [2.05, 4.69) is 5.32 Å². The van der Waals surface area contributed by atoms with Crippen LogP contribution in [0.1, 0.15) is 47.2 Å². The van der Waals surface area contributed by atoms with Crippen molar-refractivity contribution >= 4 is 23.5 Å². The van der Waals surface area contributed by atoms with Crippen molar-refractivity contribution in [1.29, 1.82) is 0 Å². The number of hydrogen-bond donors (Lipinski definition) is 1. The minimum absolute atomic E-state index is 0.00514. The van der Waals surface area contributed by atoms with Crippen LogP contribution in [0.4, 0.5) is 0 Å². The average molecular weight is 305 g/mol. The lowest BCUT2D eigenvalue weighted by molar-refractivity contribution is -0.121. The van der Waals surface area contributed by atoms with E-state index >= 15 is 0 Å². The summed E-state index contributed by atoms with van der Waals surface area (Å²) in [4.78, 5) is 24.2. The van der Waals surface area contributed by atoms with Gasteiger partial charge in [-0.15, -0.1) is 0 Å². The molecule has 1 aliphatic heterocycles. The van der Waals surface area contributed by atoms with Crippen molar-refractivity contribution < 1.29 is 9.59 Å². The quantitative estimate of drug-likeness (QED) is 0.849. The standard InChI is InChI=1S/C17H23NO2S/c1-12-3-4-13(2)15(11-12)16(19)5-6-17(20)18-14-7-9-21-10-8-14/h3-4,11,14H,5-10H2,1-2H3,(H,18,20). The van der Waals surface area contributed by atoms with Crippen LogP contribution in [0.25, 0.3) is 0 Å². The first-order chi connectivity index (χ1) is 10.1. The maximum atomic E-state index is 12.2. The van der Waals surface area contributed by atoms with E-state index in [1.54, 1.807) is 0 Å². The first kappa shape index (κ1) is 16.1. The van der Waals surface area contributed by atoms with Gasteiger partial charge >= 0.3 is 0 Å². The van der Waals surface area contributed by atoms with Gasteiger partial charge < -0.3 is 5.32 Å². The largest absolute Gasteiger partial charge is 0.353 e. The summed E-state index contributed by atoms with van der Waals surface area (Å²) in [6, 6.07) is 6.17. The molecule has 1 amide bonds. The van der Waals surface area contributed by atoms with Gasteiger partial charge in [-0.05, 0) is 49.8 Å². The molecule has 21 heavy (non-hydrogen) atoms. The Morgan fingerprint density at radius 3 is 2.62 bits per heavy atom. The number of aryl methyl sites for hydroxylation is 2. The molecule has 3 nitrogen and oxygen atoms in total. The maximum absolute atomic E-state index is 12.2. The van der Waals surface area contributed by atoms with Gasteiger partial charge in [-0.1, -0.05) is 17.7 Å². The number of Topliss-reactive ketones (excluding diaryl/α,β-unsaturated/α-hetero) is 1. The zero-order valence-electron chi connectivity index (χ0n) is 12.8. The van der Waals surface area contributed by atoms with Crippen molar-refractivity contribution in [2.45, 2.75) is 45.6 Å². The summed E-state index contributed by atoms with van der Waals surface area (Å²) in [5.41, 5.74) is 2.81. The fourth-order valence-electron chi connectivity index (χ4n) is 2.54. The Hall–Kier alpha value is -1.29. The Labute approximate surface area is 130 Å². The Morgan fingerprint density at radius 1 is 1.19 bits per heavy atom. The predicted molar refractivity (Wildman–Crippen MR) is 88.0 cm³/mol. The molecule has 0 aromatic heterocycles. The second-order valence-corrected chi connectivity index (χ2v) is 6.92. The van der Waals surface area contributed by atoms with Gasteiger partial charge in [-0.3, -0.25) is 9.59 Å². The molecule has 1 aromatic carbocycles. The van der Waals surface area contributed by atoms with Crippen LogP contribution in [0, 0.1) is 13.8 Å². The molecule has 0 radical (unpaired) electrons. The van der Waals surface area contributed by atoms with Crippen molar-refractivity contribution in [2.75, 3.05) is 11.5 Å². The molecule has 0 unspecified atom stereocenters. The van der Waals surface area contributed by atoms with Crippen LogP contribution in [0.3, 0.4) is 0 Å². The van der Waals surface area contributed by atoms with Crippen molar-refractivity contribution in [1.82, 2.24) is 5.32 Å². The molecule has 0 atom stereocenters. The van der Waals surface area contributed by atoms with Gasteiger partial charge in [-0.25, -0.2) is 0 Å². The third kappa shape index (κ3) is 4.88. The number of amides is 1. The highest BCUT2D eigenvalue weighted by atomic mass is 32.2. The predicted octanol–water partition coefficient (Wildman–Crippen LogP) is 3.28. The Bertz CT molecular complexity index is 522. The van der Waals surface area contributed by atoms with E-state index in [9.17, 15) is 9.59 Å². The number of hydrogen-bond acceptors (Lipinski definition) is 3. The van der Waals surface area contributed by atoms with Crippen molar-refractivity contribution in [3.63, 3.8) is 0 Å². The molecule has 0 bridgehead atoms. The third-order valence-corrected chi connectivity index (χ3v) is 4.91. The fourth-order valence-corrected chi connectivity index (χ4v) is 3.65. The van der Waals surface area contributed by atoms with E-state index in [1.807, 2.05) is 43.8 Å². The lowest BCUT2D eigenvalue weighted by atomic mass is 9.99. The molecule has 1 aliphatic rings. The molecule has 114 valence electrons. The summed E-state index contributed by atoms with van der Waals surface area (Å²) in [5.74, 6) is 2.30. The Balaban J connectivity index is 1.82. The SMILES string of the molecule is Cc1ccc(C)c(C(=O)CCC(=O)NC2CCSCC2)c1. The van der Waals surface area contributed by atoms with E-state index in [4.69, 9.17) is 0 Å². The number of ketones is 1. The van der Waals surface area contributed by atoms with Crippen LogP contribution in [0.5, 0.6) is 0 Å². The molecule has 1 aromatic rings. The van der Waals surface area contributed by atoms with Crippen LogP contribution in [0.15, 0.2) is 18.2 Å². The number of nitrogens with one attached hydrogen (secondary N) is 1. The maximum Gasteiger partial charge on any atom is 0.220 e. The van der Waals surface area contributed by atoms with Crippen molar-refractivity contribution in [3.8, 4) is 0 Å². The average Bonchev–Trinajstić information content (AvgIpc) is 2.48. The highest BCUT2D eigenvalue weighted by Gasteiger charge is 2.17. The second-order valence-electron chi connectivity index (χ2n) is 5.70. The highest BCUT2D eigenvalue weighted by molar-refractivity contribution is 7.99. The van der Waals surface area contributed by atoms with E-state index in [0.29, 0.717) is 6.04 Å². The van der Waals surface area contributed by atoms with E-state index in [0.717, 1.165) is 41.0 Å². The van der Waals surface area contributed by atoms with Gasteiger partial charge in [0, 0.05) is 24.4 Å². The summed E-state index contributed by atoms with van der Waals surface area (Å²) in [6.07, 6.45) is 2.66. The molecule has 1 N–H and O–H groups in total. The topological polar surface area (TPSA) is 46.2 Å². The van der Waals surface area contributed by atoms with Gasteiger partial charge in [0.05, 0.1) is 0 Å². The molecule has 0 spiro atoms. The van der Waals surface area contributed by atoms with Gasteiger partial charge in [0.15, 0.2) is 5.78 Å². The van der Waals surface area contributed by atoms with Crippen molar-refractivity contribution in [3.05, 3.63) is 34.9 Å². The number of carbonyl (C=O) groups excluding carboxylic acids is 2. The monoisotopic (exact) mass is 305 g/mol. The van der Waals surface area contributed by atoms with Gasteiger partial charge in [0.2, 0.25) is 5.91 Å². The Kier molecular flexibility index (Phi) is 5.85. The van der Waals surface area contributed by atoms with Gasteiger partial charge in [0.1, 0.15) is 0 Å². The molecule has 4 heteroatoms. The number of benzene rings is 1. The molecule has 1 fully saturated rings. The van der Waals surface area contributed by atoms with Crippen LogP contribution < -0.4 is 5.32 Å². The molecule has 1 heterocycles. The fraction of sp³-hybridized carbons (Fsp3) is 0.529. The molecular weight excluding hydrogens is 282 g/mol. The third-order valence-electron chi connectivity index (χ3n) is 3.86. The Morgan fingerprint density at radius 2 is 1.90 bits per heavy atom. The number of carbonyl (C=O) groups is 2. The van der Waals surface area contributed by atoms with Crippen LogP contribution in [-0.4, -0.2) is 29.2 Å². The summed E-state index contributed by atoms with van der Waals surface area (Å²) >= 11 is 1.94. The molecule has 0 aliphatic carbocycles. The highest BCUT2D eigenvalue weighted by Crippen LogP contribution is 2.17. The summed E-state index contributed by atoms with van der Waals surface area (Å²) < 4.78 is 0. The summed E-state index contributed by atoms with van der Waals surface area (Å²) in [7, 11) is 0. The molecular formula is C17H23NO2S. The second kappa shape index (κ2) is 7.64. The van der Waals surface area contributed by atoms with Crippen LogP contribution in [-0.2, 0) is 4.79 Å². The molecule has 2 rings (SSSR count). The van der Waals surface area contributed by atoms with E-state index in [1.165, 1.54) is 0 Å². The summed E-state index contributed by atoms with van der Waals surface area (Å²) in [6.45, 7) is 3.91. The number of thioether (sulfide) groups is 1. The van der Waals surface area contributed by atoms with Crippen LogP contribution >= 0.6 is 11.8 Å². The molecule has 0 saturated carbocycles. The first-order valence-corrected chi connectivity index (χ1v) is 8.69. The minimum Gasteiger partial charge on any atom is -0.353 e. The molecule has 1 saturated heterocycles. The lowest BCUT2D eigenvalue weighted by Crippen LogP contribution is -2.37. The summed E-state index contributed by atoms with van der Waals surface area (Å²) in [5, 5.41) is 3.05. The zero-order chi connectivity index (χ0) is 15.2. The van der Waals surface area contributed by atoms with Crippen LogP contribution in [0.2, 0.25) is 0 Å². The zero-order valence-corrected chi connectivity index (χ0v) is 13.6. The van der Waals surface area contributed by atoms with E-state index < -0.39 is 0 Å². The normalized spacial score (nSPS) is 15.7.